The number of carbonyl (C=O) groups excluding carboxylic acids is 2. The molecule has 19 heavy (non-hydrogen) atoms. The number of Topliss-reactive ketones (excluding diaryl/α,β-unsaturated/α-hetero) is 2. The van der Waals surface area contributed by atoms with Gasteiger partial charge in [-0.25, -0.2) is 0 Å². The third kappa shape index (κ3) is 1.27. The summed E-state index contributed by atoms with van der Waals surface area (Å²) >= 11 is 0. The van der Waals surface area contributed by atoms with Crippen molar-refractivity contribution in [2.45, 2.75) is 26.7 Å². The number of fused-ring (bicyclic) bond motifs is 5. The first-order valence-electron chi connectivity index (χ1n) is 7.26. The Bertz CT molecular complexity index is 590. The second kappa shape index (κ2) is 3.56. The molecule has 0 N–H and O–H groups in total. The highest BCUT2D eigenvalue weighted by molar-refractivity contribution is 6.15. The van der Waals surface area contributed by atoms with Gasteiger partial charge in [0.1, 0.15) is 0 Å². The van der Waals surface area contributed by atoms with Crippen molar-refractivity contribution in [1.29, 1.82) is 0 Å². The molecule has 1 saturated carbocycles. The van der Waals surface area contributed by atoms with Crippen LogP contribution in [0.15, 0.2) is 34.9 Å². The fourth-order valence-electron chi connectivity index (χ4n) is 4.55. The number of carbonyl (C=O) groups is 2. The molecule has 2 nitrogen and oxygen atoms in total. The summed E-state index contributed by atoms with van der Waals surface area (Å²) in [5.41, 5.74) is 2.90. The first-order valence-corrected chi connectivity index (χ1v) is 7.26. The van der Waals surface area contributed by atoms with E-state index >= 15 is 0 Å². The highest BCUT2D eigenvalue weighted by Crippen LogP contribution is 2.54. The zero-order valence-corrected chi connectivity index (χ0v) is 11.3. The third-order valence-electron chi connectivity index (χ3n) is 5.70. The molecule has 4 rings (SSSR count). The highest BCUT2D eigenvalue weighted by atomic mass is 16.1. The number of rotatable bonds is 0. The molecule has 0 radical (unpaired) electrons. The van der Waals surface area contributed by atoms with Crippen molar-refractivity contribution in [3.05, 3.63) is 34.9 Å². The fraction of sp³-hybridized carbons (Fsp3) is 0.529. The van der Waals surface area contributed by atoms with E-state index in [1.54, 1.807) is 0 Å². The quantitative estimate of drug-likeness (QED) is 0.623. The van der Waals surface area contributed by atoms with Crippen LogP contribution in [0, 0.1) is 29.6 Å². The van der Waals surface area contributed by atoms with Gasteiger partial charge in [0.25, 0.3) is 0 Å². The summed E-state index contributed by atoms with van der Waals surface area (Å²) in [6.45, 7) is 4.13. The molecule has 0 amide bonds. The number of hydrogen-bond donors (Lipinski definition) is 0. The Balaban J connectivity index is 1.84. The first kappa shape index (κ1) is 11.4. The average Bonchev–Trinajstić information content (AvgIpc) is 2.99. The third-order valence-corrected chi connectivity index (χ3v) is 5.70. The molecular formula is C17H18O2. The van der Waals surface area contributed by atoms with Crippen molar-refractivity contribution >= 4 is 11.6 Å². The van der Waals surface area contributed by atoms with Gasteiger partial charge in [-0.3, -0.25) is 9.59 Å². The summed E-state index contributed by atoms with van der Waals surface area (Å²) in [5.74, 6) is 1.23. The molecule has 1 fully saturated rings. The second-order valence-electron chi connectivity index (χ2n) is 6.49. The molecule has 5 atom stereocenters. The molecular weight excluding hydrogens is 236 g/mol. The Morgan fingerprint density at radius 2 is 1.68 bits per heavy atom. The van der Waals surface area contributed by atoms with E-state index in [1.165, 1.54) is 5.57 Å². The standard InChI is InChI=1S/C17H18O2/c1-8-3-6-12-13(9(8)2)17(19)15-11-5-4-10(7-11)14(15)16(12)18/h3-5,9-11,14-15H,6-7H2,1-2H3. The summed E-state index contributed by atoms with van der Waals surface area (Å²) in [4.78, 5) is 25.6. The smallest absolute Gasteiger partial charge is 0.164 e. The largest absolute Gasteiger partial charge is 0.294 e. The van der Waals surface area contributed by atoms with Crippen LogP contribution in [-0.2, 0) is 9.59 Å². The fourth-order valence-corrected chi connectivity index (χ4v) is 4.55. The first-order chi connectivity index (χ1) is 9.09. The van der Waals surface area contributed by atoms with Gasteiger partial charge in [-0.2, -0.15) is 0 Å². The van der Waals surface area contributed by atoms with E-state index in [1.807, 2.05) is 0 Å². The van der Waals surface area contributed by atoms with E-state index in [2.05, 4.69) is 32.1 Å². The summed E-state index contributed by atoms with van der Waals surface area (Å²) in [5, 5.41) is 0. The van der Waals surface area contributed by atoms with Gasteiger partial charge in [0, 0.05) is 28.9 Å². The molecule has 2 bridgehead atoms. The molecule has 2 heteroatoms. The van der Waals surface area contributed by atoms with Gasteiger partial charge < -0.3 is 0 Å². The number of allylic oxidation sites excluding steroid dienone is 6. The summed E-state index contributed by atoms with van der Waals surface area (Å²) in [6, 6.07) is 0. The maximum atomic E-state index is 12.9. The topological polar surface area (TPSA) is 34.1 Å². The van der Waals surface area contributed by atoms with Crippen LogP contribution in [0.3, 0.4) is 0 Å². The summed E-state index contributed by atoms with van der Waals surface area (Å²) in [7, 11) is 0. The molecule has 0 aliphatic heterocycles. The molecule has 0 aromatic heterocycles. The van der Waals surface area contributed by atoms with Crippen LogP contribution in [0.5, 0.6) is 0 Å². The monoisotopic (exact) mass is 254 g/mol. The Morgan fingerprint density at radius 1 is 1.05 bits per heavy atom. The van der Waals surface area contributed by atoms with Gasteiger partial charge >= 0.3 is 0 Å². The molecule has 0 aromatic carbocycles. The van der Waals surface area contributed by atoms with E-state index in [0.29, 0.717) is 18.3 Å². The minimum absolute atomic E-state index is 0.0414. The number of hydrogen-bond acceptors (Lipinski definition) is 2. The van der Waals surface area contributed by atoms with E-state index in [0.717, 1.165) is 17.6 Å². The predicted molar refractivity (Wildman–Crippen MR) is 72.3 cm³/mol. The van der Waals surface area contributed by atoms with Crippen molar-refractivity contribution in [2.75, 3.05) is 0 Å². The Labute approximate surface area is 113 Å². The van der Waals surface area contributed by atoms with Gasteiger partial charge in [0.15, 0.2) is 11.6 Å². The average molecular weight is 254 g/mol. The lowest BCUT2D eigenvalue weighted by Gasteiger charge is -2.36. The maximum Gasteiger partial charge on any atom is 0.164 e. The molecule has 0 spiro atoms. The van der Waals surface area contributed by atoms with E-state index in [-0.39, 0.29) is 29.3 Å². The molecule has 4 aliphatic carbocycles. The van der Waals surface area contributed by atoms with Crippen molar-refractivity contribution < 1.29 is 9.59 Å². The van der Waals surface area contributed by atoms with Crippen molar-refractivity contribution in [2.24, 2.45) is 29.6 Å². The molecule has 5 unspecified atom stereocenters. The Kier molecular flexibility index (Phi) is 2.13. The molecule has 0 heterocycles. The van der Waals surface area contributed by atoms with Crippen LogP contribution >= 0.6 is 0 Å². The summed E-state index contributed by atoms with van der Waals surface area (Å²) < 4.78 is 0. The van der Waals surface area contributed by atoms with E-state index < -0.39 is 0 Å². The second-order valence-corrected chi connectivity index (χ2v) is 6.49. The minimum Gasteiger partial charge on any atom is -0.294 e. The highest BCUT2D eigenvalue weighted by Gasteiger charge is 2.55. The van der Waals surface area contributed by atoms with E-state index in [9.17, 15) is 9.59 Å². The molecule has 0 saturated heterocycles. The Morgan fingerprint density at radius 3 is 2.37 bits per heavy atom. The van der Waals surface area contributed by atoms with Gasteiger partial charge in [-0.1, -0.05) is 30.7 Å². The van der Waals surface area contributed by atoms with Gasteiger partial charge in [-0.15, -0.1) is 0 Å². The van der Waals surface area contributed by atoms with Crippen LogP contribution in [0.2, 0.25) is 0 Å². The van der Waals surface area contributed by atoms with Crippen molar-refractivity contribution in [3.63, 3.8) is 0 Å². The molecule has 4 aliphatic rings. The van der Waals surface area contributed by atoms with Gasteiger partial charge in [-0.05, 0) is 31.6 Å². The van der Waals surface area contributed by atoms with Crippen molar-refractivity contribution in [3.8, 4) is 0 Å². The van der Waals surface area contributed by atoms with Crippen LogP contribution < -0.4 is 0 Å². The van der Waals surface area contributed by atoms with Crippen LogP contribution in [0.1, 0.15) is 26.7 Å². The van der Waals surface area contributed by atoms with Crippen LogP contribution in [-0.4, -0.2) is 11.6 Å². The van der Waals surface area contributed by atoms with Crippen molar-refractivity contribution in [1.82, 2.24) is 0 Å². The SMILES string of the molecule is CC1=CCC2=C(C(=O)C3C4C=CC(C4)C3C2=O)C1C. The van der Waals surface area contributed by atoms with E-state index in [4.69, 9.17) is 0 Å². The normalized spacial score (nSPS) is 43.5. The molecule has 0 aromatic rings. The zero-order chi connectivity index (χ0) is 13.3. The predicted octanol–water partition coefficient (Wildman–Crippen LogP) is 2.86. The zero-order valence-electron chi connectivity index (χ0n) is 11.3. The number of ketones is 2. The van der Waals surface area contributed by atoms with Crippen LogP contribution in [0.4, 0.5) is 0 Å². The lowest BCUT2D eigenvalue weighted by Crippen LogP contribution is -2.42. The van der Waals surface area contributed by atoms with Gasteiger partial charge in [0.2, 0.25) is 0 Å². The lowest BCUT2D eigenvalue weighted by molar-refractivity contribution is -0.131. The maximum absolute atomic E-state index is 12.9. The molecule has 98 valence electrons. The minimum atomic E-state index is -0.0467. The lowest BCUT2D eigenvalue weighted by atomic mass is 9.64. The van der Waals surface area contributed by atoms with Crippen LogP contribution in [0.25, 0.3) is 0 Å². The van der Waals surface area contributed by atoms with Gasteiger partial charge in [0.05, 0.1) is 0 Å². The Hall–Kier alpha value is -1.44. The summed E-state index contributed by atoms with van der Waals surface area (Å²) in [6.07, 6.45) is 8.13.